The minimum atomic E-state index is 0.800. The molecule has 17 heavy (non-hydrogen) atoms. The monoisotopic (exact) mass is 236 g/mol. The van der Waals surface area contributed by atoms with Gasteiger partial charge in [-0.2, -0.15) is 0 Å². The summed E-state index contributed by atoms with van der Waals surface area (Å²) in [7, 11) is 0. The molecule has 3 aromatic carbocycles. The Morgan fingerprint density at radius 3 is 2.12 bits per heavy atom. The van der Waals surface area contributed by atoms with Crippen LogP contribution < -0.4 is 0 Å². The van der Waals surface area contributed by atoms with E-state index in [-0.39, 0.29) is 0 Å². The SMILES string of the molecule is Clc1ccc2c(c1)-c1cccc3cccc-2c13. The standard InChI is InChI=1S/C16H9Cl/c17-11-7-8-12-13-5-1-3-10-4-2-6-14(16(10)13)15(12)9-11/h1-9H. The molecule has 0 radical (unpaired) electrons. The highest BCUT2D eigenvalue weighted by atomic mass is 35.5. The number of fused-ring (bicyclic) bond motifs is 3. The molecule has 0 unspecified atom stereocenters. The van der Waals surface area contributed by atoms with Gasteiger partial charge < -0.3 is 0 Å². The molecule has 0 aromatic heterocycles. The number of halogens is 1. The Hall–Kier alpha value is -1.79. The van der Waals surface area contributed by atoms with Gasteiger partial charge in [-0.25, -0.2) is 0 Å². The van der Waals surface area contributed by atoms with Crippen LogP contribution in [0.4, 0.5) is 0 Å². The van der Waals surface area contributed by atoms with E-state index in [0.29, 0.717) is 0 Å². The first kappa shape index (κ1) is 9.26. The van der Waals surface area contributed by atoms with Crippen LogP contribution >= 0.6 is 11.6 Å². The zero-order chi connectivity index (χ0) is 11.4. The van der Waals surface area contributed by atoms with Gasteiger partial charge in [-0.05, 0) is 45.2 Å². The van der Waals surface area contributed by atoms with Crippen LogP contribution in [-0.4, -0.2) is 0 Å². The third-order valence-corrected chi connectivity index (χ3v) is 3.70. The maximum Gasteiger partial charge on any atom is 0.0412 e. The van der Waals surface area contributed by atoms with Crippen LogP contribution in [0.1, 0.15) is 0 Å². The van der Waals surface area contributed by atoms with Gasteiger partial charge in [0.15, 0.2) is 0 Å². The van der Waals surface area contributed by atoms with Gasteiger partial charge in [-0.15, -0.1) is 0 Å². The second-order valence-corrected chi connectivity index (χ2v) is 4.84. The predicted octanol–water partition coefficient (Wildman–Crippen LogP) is 5.14. The first-order valence-electron chi connectivity index (χ1n) is 5.67. The molecule has 0 saturated heterocycles. The average Bonchev–Trinajstić information content (AvgIpc) is 2.67. The second kappa shape index (κ2) is 3.12. The summed E-state index contributed by atoms with van der Waals surface area (Å²) in [5.74, 6) is 0. The predicted molar refractivity (Wildman–Crippen MR) is 73.4 cm³/mol. The summed E-state index contributed by atoms with van der Waals surface area (Å²) in [6.07, 6.45) is 0. The zero-order valence-corrected chi connectivity index (χ0v) is 9.83. The highest BCUT2D eigenvalue weighted by Gasteiger charge is 2.20. The van der Waals surface area contributed by atoms with Gasteiger partial charge in [0.1, 0.15) is 0 Å². The van der Waals surface area contributed by atoms with E-state index in [4.69, 9.17) is 11.6 Å². The minimum Gasteiger partial charge on any atom is -0.0843 e. The summed E-state index contributed by atoms with van der Waals surface area (Å²) in [4.78, 5) is 0. The van der Waals surface area contributed by atoms with Gasteiger partial charge in [0.25, 0.3) is 0 Å². The largest absolute Gasteiger partial charge is 0.0843 e. The molecule has 0 aliphatic heterocycles. The molecule has 0 nitrogen and oxygen atoms in total. The Kier molecular flexibility index (Phi) is 1.70. The normalized spacial score (nSPS) is 11.8. The molecule has 0 spiro atoms. The third kappa shape index (κ3) is 1.13. The highest BCUT2D eigenvalue weighted by molar-refractivity contribution is 6.31. The Bertz CT molecular complexity index is 751. The van der Waals surface area contributed by atoms with Gasteiger partial charge in [0.05, 0.1) is 0 Å². The summed E-state index contributed by atoms with van der Waals surface area (Å²) < 4.78 is 0. The van der Waals surface area contributed by atoms with E-state index in [1.165, 1.54) is 33.0 Å². The van der Waals surface area contributed by atoms with E-state index in [0.717, 1.165) is 5.02 Å². The summed E-state index contributed by atoms with van der Waals surface area (Å²) in [5.41, 5.74) is 5.17. The summed E-state index contributed by atoms with van der Waals surface area (Å²) >= 11 is 6.10. The number of hydrogen-bond acceptors (Lipinski definition) is 0. The van der Waals surface area contributed by atoms with Crippen LogP contribution in [0.15, 0.2) is 54.6 Å². The van der Waals surface area contributed by atoms with Crippen LogP contribution in [-0.2, 0) is 0 Å². The molecule has 0 bridgehead atoms. The van der Waals surface area contributed by atoms with E-state index in [1.807, 2.05) is 6.07 Å². The first-order chi connectivity index (χ1) is 8.34. The average molecular weight is 237 g/mol. The van der Waals surface area contributed by atoms with Gasteiger partial charge >= 0.3 is 0 Å². The summed E-state index contributed by atoms with van der Waals surface area (Å²) in [6, 6.07) is 19.1. The summed E-state index contributed by atoms with van der Waals surface area (Å²) in [6.45, 7) is 0. The van der Waals surface area contributed by atoms with Crippen LogP contribution in [0.5, 0.6) is 0 Å². The Morgan fingerprint density at radius 1 is 0.647 bits per heavy atom. The third-order valence-electron chi connectivity index (χ3n) is 3.47. The highest BCUT2D eigenvalue weighted by Crippen LogP contribution is 2.47. The molecule has 0 saturated carbocycles. The molecule has 4 rings (SSSR count). The lowest BCUT2D eigenvalue weighted by molar-refractivity contribution is 1.69. The lowest BCUT2D eigenvalue weighted by Crippen LogP contribution is -1.75. The van der Waals surface area contributed by atoms with E-state index < -0.39 is 0 Å². The van der Waals surface area contributed by atoms with Crippen molar-refractivity contribution in [2.45, 2.75) is 0 Å². The second-order valence-electron chi connectivity index (χ2n) is 4.40. The lowest BCUT2D eigenvalue weighted by Gasteiger charge is -2.01. The van der Waals surface area contributed by atoms with Crippen molar-refractivity contribution in [3.05, 3.63) is 59.6 Å². The molecule has 1 heteroatoms. The lowest BCUT2D eigenvalue weighted by atomic mass is 10.0. The fraction of sp³-hybridized carbons (Fsp3) is 0. The molecule has 0 fully saturated rings. The molecule has 0 amide bonds. The van der Waals surface area contributed by atoms with Crippen molar-refractivity contribution >= 4 is 22.4 Å². The molecule has 80 valence electrons. The van der Waals surface area contributed by atoms with Crippen molar-refractivity contribution < 1.29 is 0 Å². The minimum absolute atomic E-state index is 0.800. The molecule has 3 aromatic rings. The van der Waals surface area contributed by atoms with Gasteiger partial charge in [-0.3, -0.25) is 0 Å². The van der Waals surface area contributed by atoms with E-state index in [1.54, 1.807) is 0 Å². The number of benzene rings is 3. The fourth-order valence-corrected chi connectivity index (χ4v) is 2.94. The number of rotatable bonds is 0. The van der Waals surface area contributed by atoms with Crippen molar-refractivity contribution in [2.75, 3.05) is 0 Å². The molecule has 0 heterocycles. The van der Waals surface area contributed by atoms with Crippen LogP contribution in [0.2, 0.25) is 5.02 Å². The van der Waals surface area contributed by atoms with Gasteiger partial charge in [0, 0.05) is 5.02 Å². The molecule has 0 N–H and O–H groups in total. The van der Waals surface area contributed by atoms with Crippen molar-refractivity contribution in [1.29, 1.82) is 0 Å². The summed E-state index contributed by atoms with van der Waals surface area (Å²) in [5, 5.41) is 3.45. The van der Waals surface area contributed by atoms with E-state index in [9.17, 15) is 0 Å². The van der Waals surface area contributed by atoms with Crippen LogP contribution in [0, 0.1) is 0 Å². The van der Waals surface area contributed by atoms with Crippen molar-refractivity contribution in [1.82, 2.24) is 0 Å². The first-order valence-corrected chi connectivity index (χ1v) is 6.04. The van der Waals surface area contributed by atoms with Gasteiger partial charge in [0.2, 0.25) is 0 Å². The molecule has 1 aliphatic carbocycles. The van der Waals surface area contributed by atoms with Crippen molar-refractivity contribution in [3.63, 3.8) is 0 Å². The fourth-order valence-electron chi connectivity index (χ4n) is 2.76. The van der Waals surface area contributed by atoms with Gasteiger partial charge in [-0.1, -0.05) is 54.1 Å². The maximum atomic E-state index is 6.10. The molecule has 1 aliphatic rings. The number of hydrogen-bond donors (Lipinski definition) is 0. The molecular weight excluding hydrogens is 228 g/mol. The Morgan fingerprint density at radius 2 is 1.35 bits per heavy atom. The van der Waals surface area contributed by atoms with Crippen LogP contribution in [0.25, 0.3) is 33.0 Å². The molecular formula is C16H9Cl. The quantitative estimate of drug-likeness (QED) is 0.397. The van der Waals surface area contributed by atoms with E-state index in [2.05, 4.69) is 48.5 Å². The van der Waals surface area contributed by atoms with E-state index >= 15 is 0 Å². The Balaban J connectivity index is 2.26. The van der Waals surface area contributed by atoms with Crippen molar-refractivity contribution in [2.24, 2.45) is 0 Å². The zero-order valence-electron chi connectivity index (χ0n) is 9.07. The topological polar surface area (TPSA) is 0 Å². The smallest absolute Gasteiger partial charge is 0.0412 e. The maximum absolute atomic E-state index is 6.10. The van der Waals surface area contributed by atoms with Crippen molar-refractivity contribution in [3.8, 4) is 22.3 Å². The Labute approximate surface area is 104 Å². The molecule has 0 atom stereocenters. The van der Waals surface area contributed by atoms with Crippen LogP contribution in [0.3, 0.4) is 0 Å².